The van der Waals surface area contributed by atoms with E-state index in [0.29, 0.717) is 33.6 Å². The first kappa shape index (κ1) is 23.2. The van der Waals surface area contributed by atoms with Crippen LogP contribution in [-0.2, 0) is 14.8 Å². The molecule has 32 heavy (non-hydrogen) atoms. The maximum atomic E-state index is 12.5. The van der Waals surface area contributed by atoms with E-state index in [4.69, 9.17) is 25.8 Å². The van der Waals surface area contributed by atoms with E-state index in [1.807, 2.05) is 0 Å². The standard InChI is InChI=1S/C22H21ClN2O6S/c1-29-20-13-19(21(30-2)12-18(20)23)24-22(26)14-31-16-8-10-17(11-9-16)32(27,28)25-15-6-4-3-5-7-15/h3-13,25H,14H2,1-2H3,(H,24,26). The predicted octanol–water partition coefficient (Wildman–Crippen LogP) is 4.18. The Balaban J connectivity index is 1.61. The maximum Gasteiger partial charge on any atom is 0.262 e. The summed E-state index contributed by atoms with van der Waals surface area (Å²) >= 11 is 6.06. The number of hydrogen-bond donors (Lipinski definition) is 2. The summed E-state index contributed by atoms with van der Waals surface area (Å²) < 4.78 is 43.3. The number of para-hydroxylation sites is 1. The molecule has 0 saturated carbocycles. The number of nitrogens with one attached hydrogen (secondary N) is 2. The summed E-state index contributed by atoms with van der Waals surface area (Å²) in [6, 6.07) is 17.4. The normalized spacial score (nSPS) is 10.8. The van der Waals surface area contributed by atoms with Gasteiger partial charge in [-0.25, -0.2) is 8.42 Å². The molecule has 0 aliphatic rings. The van der Waals surface area contributed by atoms with E-state index in [9.17, 15) is 13.2 Å². The lowest BCUT2D eigenvalue weighted by atomic mass is 10.2. The van der Waals surface area contributed by atoms with Crippen molar-refractivity contribution in [2.24, 2.45) is 0 Å². The summed E-state index contributed by atoms with van der Waals surface area (Å²) in [6.45, 7) is -0.303. The first-order chi connectivity index (χ1) is 15.3. The van der Waals surface area contributed by atoms with E-state index in [1.165, 1.54) is 44.6 Å². The molecule has 0 heterocycles. The molecule has 0 aromatic heterocycles. The zero-order valence-electron chi connectivity index (χ0n) is 17.3. The number of carbonyl (C=O) groups is 1. The molecule has 0 bridgehead atoms. The van der Waals surface area contributed by atoms with Gasteiger partial charge < -0.3 is 19.5 Å². The third-order valence-electron chi connectivity index (χ3n) is 4.28. The molecule has 0 spiro atoms. The molecule has 1 amide bonds. The van der Waals surface area contributed by atoms with Gasteiger partial charge in [-0.2, -0.15) is 0 Å². The molecule has 3 aromatic carbocycles. The number of anilines is 2. The van der Waals surface area contributed by atoms with Gasteiger partial charge in [0.1, 0.15) is 17.2 Å². The first-order valence-electron chi connectivity index (χ1n) is 9.34. The number of ether oxygens (including phenoxy) is 3. The summed E-state index contributed by atoms with van der Waals surface area (Å²) in [4.78, 5) is 12.4. The Labute approximate surface area is 191 Å². The van der Waals surface area contributed by atoms with Crippen LogP contribution in [-0.4, -0.2) is 35.2 Å². The number of sulfonamides is 1. The fourth-order valence-electron chi connectivity index (χ4n) is 2.73. The molecule has 0 aliphatic carbocycles. The minimum absolute atomic E-state index is 0.0659. The fourth-order valence-corrected chi connectivity index (χ4v) is 4.02. The van der Waals surface area contributed by atoms with Crippen molar-refractivity contribution in [1.29, 1.82) is 0 Å². The molecule has 0 saturated heterocycles. The lowest BCUT2D eigenvalue weighted by Crippen LogP contribution is -2.20. The Hall–Kier alpha value is -3.43. The van der Waals surface area contributed by atoms with Crippen molar-refractivity contribution in [3.05, 3.63) is 71.8 Å². The third-order valence-corrected chi connectivity index (χ3v) is 5.97. The number of halogens is 1. The minimum Gasteiger partial charge on any atom is -0.495 e. The molecule has 8 nitrogen and oxygen atoms in total. The van der Waals surface area contributed by atoms with Gasteiger partial charge in [0.15, 0.2) is 6.61 Å². The predicted molar refractivity (Wildman–Crippen MR) is 122 cm³/mol. The minimum atomic E-state index is -3.74. The van der Waals surface area contributed by atoms with Gasteiger partial charge in [0.2, 0.25) is 0 Å². The van der Waals surface area contributed by atoms with Gasteiger partial charge in [0.05, 0.1) is 29.8 Å². The Morgan fingerprint density at radius 3 is 2.22 bits per heavy atom. The number of rotatable bonds is 9. The molecule has 0 atom stereocenters. The van der Waals surface area contributed by atoms with Gasteiger partial charge in [-0.1, -0.05) is 29.8 Å². The highest BCUT2D eigenvalue weighted by Gasteiger charge is 2.15. The van der Waals surface area contributed by atoms with E-state index >= 15 is 0 Å². The highest BCUT2D eigenvalue weighted by Crippen LogP contribution is 2.35. The molecule has 0 aliphatic heterocycles. The monoisotopic (exact) mass is 476 g/mol. The number of carbonyl (C=O) groups excluding carboxylic acids is 1. The van der Waals surface area contributed by atoms with Crippen LogP contribution < -0.4 is 24.2 Å². The molecule has 168 valence electrons. The van der Waals surface area contributed by atoms with Crippen LogP contribution in [0.15, 0.2) is 71.6 Å². The fraction of sp³-hybridized carbons (Fsp3) is 0.136. The highest BCUT2D eigenvalue weighted by molar-refractivity contribution is 7.92. The van der Waals surface area contributed by atoms with Crippen molar-refractivity contribution < 1.29 is 27.4 Å². The topological polar surface area (TPSA) is 103 Å². The van der Waals surface area contributed by atoms with E-state index in [-0.39, 0.29) is 11.5 Å². The molecule has 0 radical (unpaired) electrons. The van der Waals surface area contributed by atoms with Crippen molar-refractivity contribution in [2.75, 3.05) is 30.9 Å². The Kier molecular flexibility index (Phi) is 7.45. The number of benzene rings is 3. The summed E-state index contributed by atoms with van der Waals surface area (Å²) in [6.07, 6.45) is 0. The summed E-state index contributed by atoms with van der Waals surface area (Å²) in [5.41, 5.74) is 0.828. The van der Waals surface area contributed by atoms with E-state index in [1.54, 1.807) is 36.4 Å². The van der Waals surface area contributed by atoms with E-state index < -0.39 is 15.9 Å². The van der Waals surface area contributed by atoms with Crippen LogP contribution in [0.5, 0.6) is 17.2 Å². The Morgan fingerprint density at radius 2 is 1.59 bits per heavy atom. The second-order valence-electron chi connectivity index (χ2n) is 6.47. The van der Waals surface area contributed by atoms with Crippen LogP contribution in [0.25, 0.3) is 0 Å². The molecule has 0 fully saturated rings. The molecule has 10 heteroatoms. The molecular weight excluding hydrogens is 456 g/mol. The molecular formula is C22H21ClN2O6S. The lowest BCUT2D eigenvalue weighted by molar-refractivity contribution is -0.118. The van der Waals surface area contributed by atoms with Crippen LogP contribution in [0.4, 0.5) is 11.4 Å². The molecule has 2 N–H and O–H groups in total. The smallest absolute Gasteiger partial charge is 0.262 e. The van der Waals surface area contributed by atoms with Crippen molar-refractivity contribution in [3.63, 3.8) is 0 Å². The quantitative estimate of drug-likeness (QED) is 0.480. The maximum absolute atomic E-state index is 12.5. The van der Waals surface area contributed by atoms with E-state index in [0.717, 1.165) is 0 Å². The summed E-state index contributed by atoms with van der Waals surface area (Å²) in [5, 5.41) is 3.01. The zero-order chi connectivity index (χ0) is 23.1. The number of hydrogen-bond acceptors (Lipinski definition) is 6. The first-order valence-corrected chi connectivity index (χ1v) is 11.2. The third kappa shape index (κ3) is 5.83. The average Bonchev–Trinajstić information content (AvgIpc) is 2.79. The average molecular weight is 477 g/mol. The van der Waals surface area contributed by atoms with Crippen LogP contribution in [0.3, 0.4) is 0 Å². The SMILES string of the molecule is COc1cc(NC(=O)COc2ccc(S(=O)(=O)Nc3ccccc3)cc2)c(OC)cc1Cl. The van der Waals surface area contributed by atoms with Crippen molar-refractivity contribution in [3.8, 4) is 17.2 Å². The Morgan fingerprint density at radius 1 is 0.938 bits per heavy atom. The van der Waals surface area contributed by atoms with Gasteiger partial charge in [-0.15, -0.1) is 0 Å². The van der Waals surface area contributed by atoms with Gasteiger partial charge in [0, 0.05) is 17.8 Å². The van der Waals surface area contributed by atoms with Gasteiger partial charge in [-0.05, 0) is 36.4 Å². The largest absolute Gasteiger partial charge is 0.495 e. The van der Waals surface area contributed by atoms with Gasteiger partial charge in [0.25, 0.3) is 15.9 Å². The summed E-state index contributed by atoms with van der Waals surface area (Å²) in [7, 11) is -0.830. The lowest BCUT2D eigenvalue weighted by Gasteiger charge is -2.13. The zero-order valence-corrected chi connectivity index (χ0v) is 18.9. The van der Waals surface area contributed by atoms with Crippen molar-refractivity contribution in [1.82, 2.24) is 0 Å². The number of amides is 1. The highest BCUT2D eigenvalue weighted by atomic mass is 35.5. The number of methoxy groups -OCH3 is 2. The van der Waals surface area contributed by atoms with Crippen LogP contribution >= 0.6 is 11.6 Å². The molecule has 3 rings (SSSR count). The molecule has 0 unspecified atom stereocenters. The molecule has 3 aromatic rings. The summed E-state index contributed by atoms with van der Waals surface area (Å²) in [5.74, 6) is 0.629. The van der Waals surface area contributed by atoms with Crippen molar-refractivity contribution in [2.45, 2.75) is 4.90 Å². The Bertz CT molecular complexity index is 1190. The van der Waals surface area contributed by atoms with Gasteiger partial charge >= 0.3 is 0 Å². The van der Waals surface area contributed by atoms with Crippen LogP contribution in [0, 0.1) is 0 Å². The second kappa shape index (κ2) is 10.3. The van der Waals surface area contributed by atoms with Crippen LogP contribution in [0.2, 0.25) is 5.02 Å². The van der Waals surface area contributed by atoms with Gasteiger partial charge in [-0.3, -0.25) is 9.52 Å². The van der Waals surface area contributed by atoms with E-state index in [2.05, 4.69) is 10.0 Å². The van der Waals surface area contributed by atoms with Crippen LogP contribution in [0.1, 0.15) is 0 Å². The van der Waals surface area contributed by atoms with Crippen molar-refractivity contribution >= 4 is 38.9 Å². The second-order valence-corrected chi connectivity index (χ2v) is 8.56.